The molecule has 0 aliphatic rings. The molecule has 0 aliphatic heterocycles. The molecule has 0 saturated heterocycles. The van der Waals surface area contributed by atoms with Crippen LogP contribution in [0.1, 0.15) is 27.7 Å². The Kier molecular flexibility index (Phi) is 4.74. The molecule has 5 nitrogen and oxygen atoms in total. The van der Waals surface area contributed by atoms with Gasteiger partial charge in [0.25, 0.3) is 0 Å². The fraction of sp³-hybridized carbons (Fsp3) is 0.800. The Morgan fingerprint density at radius 1 is 1.27 bits per heavy atom. The highest BCUT2D eigenvalue weighted by molar-refractivity contribution is 5.89. The van der Waals surface area contributed by atoms with Crippen LogP contribution in [0.25, 0.3) is 0 Å². The van der Waals surface area contributed by atoms with E-state index in [1.165, 1.54) is 0 Å². The Morgan fingerprint density at radius 3 is 2.00 bits per heavy atom. The number of hydrogen-bond donors (Lipinski definition) is 3. The number of rotatable bonds is 5. The Morgan fingerprint density at radius 2 is 1.73 bits per heavy atom. The largest absolute Gasteiger partial charge is 0.480 e. The van der Waals surface area contributed by atoms with Crippen molar-refractivity contribution in [1.82, 2.24) is 10.6 Å². The van der Waals surface area contributed by atoms with Crippen molar-refractivity contribution in [3.05, 3.63) is 0 Å². The number of hydrogen-bond acceptors (Lipinski definition) is 3. The Bertz CT molecular complexity index is 249. The Balaban J connectivity index is 4.57. The average molecular weight is 216 g/mol. The van der Waals surface area contributed by atoms with Crippen LogP contribution in [0.3, 0.4) is 0 Å². The summed E-state index contributed by atoms with van der Waals surface area (Å²) >= 11 is 0. The number of carboxylic acid groups (broad SMARTS) is 1. The zero-order valence-corrected chi connectivity index (χ0v) is 9.92. The summed E-state index contributed by atoms with van der Waals surface area (Å²) in [5.41, 5.74) is -0.761. The van der Waals surface area contributed by atoms with Crippen molar-refractivity contribution >= 4 is 11.9 Å². The van der Waals surface area contributed by atoms with Crippen LogP contribution in [-0.4, -0.2) is 35.6 Å². The van der Waals surface area contributed by atoms with E-state index in [0.717, 1.165) is 0 Å². The van der Waals surface area contributed by atoms with Gasteiger partial charge in [0.15, 0.2) is 0 Å². The molecule has 5 heteroatoms. The minimum atomic E-state index is -1.01. The summed E-state index contributed by atoms with van der Waals surface area (Å²) in [7, 11) is 1.66. The van der Waals surface area contributed by atoms with Crippen LogP contribution in [0, 0.1) is 5.92 Å². The summed E-state index contributed by atoms with van der Waals surface area (Å²) in [6, 6.07) is -0.842. The van der Waals surface area contributed by atoms with E-state index in [1.807, 2.05) is 0 Å². The van der Waals surface area contributed by atoms with Crippen molar-refractivity contribution in [3.8, 4) is 0 Å². The van der Waals surface area contributed by atoms with Crippen molar-refractivity contribution in [3.63, 3.8) is 0 Å². The van der Waals surface area contributed by atoms with E-state index in [-0.39, 0.29) is 11.8 Å². The van der Waals surface area contributed by atoms with Crippen LogP contribution in [-0.2, 0) is 9.59 Å². The zero-order valence-electron chi connectivity index (χ0n) is 9.92. The number of likely N-dealkylation sites (N-methyl/N-ethyl adjacent to an activating group) is 1. The third-order valence-corrected chi connectivity index (χ3v) is 2.41. The molecule has 1 amide bonds. The SMILES string of the molecule is CNC(C)(C)C(=O)N[C@@H](C(=O)O)C(C)C. The molecule has 0 aliphatic carbocycles. The molecule has 1 atom stereocenters. The third-order valence-electron chi connectivity index (χ3n) is 2.41. The quantitative estimate of drug-likeness (QED) is 0.614. The van der Waals surface area contributed by atoms with Gasteiger partial charge in [-0.2, -0.15) is 0 Å². The number of carboxylic acids is 1. The van der Waals surface area contributed by atoms with Gasteiger partial charge < -0.3 is 15.7 Å². The number of carbonyl (C=O) groups excluding carboxylic acids is 1. The molecule has 0 spiro atoms. The lowest BCUT2D eigenvalue weighted by molar-refractivity contribution is -0.144. The maximum Gasteiger partial charge on any atom is 0.326 e. The maximum absolute atomic E-state index is 11.7. The first-order valence-corrected chi connectivity index (χ1v) is 4.95. The van der Waals surface area contributed by atoms with Gasteiger partial charge in [-0.15, -0.1) is 0 Å². The molecule has 0 fully saturated rings. The summed E-state index contributed by atoms with van der Waals surface area (Å²) in [4.78, 5) is 22.5. The summed E-state index contributed by atoms with van der Waals surface area (Å²) in [6.45, 7) is 6.90. The summed E-state index contributed by atoms with van der Waals surface area (Å²) in [6.07, 6.45) is 0. The van der Waals surface area contributed by atoms with Gasteiger partial charge in [-0.25, -0.2) is 4.79 Å². The van der Waals surface area contributed by atoms with Gasteiger partial charge in [0.2, 0.25) is 5.91 Å². The van der Waals surface area contributed by atoms with Crippen LogP contribution >= 0.6 is 0 Å². The molecule has 0 heterocycles. The topological polar surface area (TPSA) is 78.4 Å². The molecule has 88 valence electrons. The lowest BCUT2D eigenvalue weighted by atomic mass is 10.0. The zero-order chi connectivity index (χ0) is 12.2. The highest BCUT2D eigenvalue weighted by Gasteiger charge is 2.31. The second kappa shape index (κ2) is 5.11. The molecule has 0 radical (unpaired) electrons. The number of amides is 1. The van der Waals surface area contributed by atoms with E-state index in [9.17, 15) is 9.59 Å². The predicted molar refractivity (Wildman–Crippen MR) is 57.5 cm³/mol. The van der Waals surface area contributed by atoms with E-state index in [2.05, 4.69) is 10.6 Å². The molecular formula is C10H20N2O3. The first kappa shape index (κ1) is 13.9. The highest BCUT2D eigenvalue weighted by Crippen LogP contribution is 2.06. The van der Waals surface area contributed by atoms with Gasteiger partial charge in [0.05, 0.1) is 5.54 Å². The van der Waals surface area contributed by atoms with Crippen LogP contribution in [0.2, 0.25) is 0 Å². The Hall–Kier alpha value is -1.10. The van der Waals surface area contributed by atoms with Gasteiger partial charge >= 0.3 is 5.97 Å². The monoisotopic (exact) mass is 216 g/mol. The second-order valence-corrected chi connectivity index (χ2v) is 4.41. The summed E-state index contributed by atoms with van der Waals surface area (Å²) < 4.78 is 0. The molecule has 0 aromatic rings. The molecule has 0 aromatic carbocycles. The van der Waals surface area contributed by atoms with E-state index in [1.54, 1.807) is 34.7 Å². The predicted octanol–water partition coefficient (Wildman–Crippen LogP) is 0.210. The van der Waals surface area contributed by atoms with Crippen molar-refractivity contribution in [2.75, 3.05) is 7.05 Å². The molecule has 0 bridgehead atoms. The molecule has 3 N–H and O–H groups in total. The van der Waals surface area contributed by atoms with Crippen LogP contribution in [0.5, 0.6) is 0 Å². The van der Waals surface area contributed by atoms with Crippen molar-refractivity contribution in [2.45, 2.75) is 39.3 Å². The lowest BCUT2D eigenvalue weighted by Crippen LogP contribution is -2.56. The van der Waals surface area contributed by atoms with Gasteiger partial charge in [-0.3, -0.25) is 4.79 Å². The van der Waals surface area contributed by atoms with Crippen LogP contribution < -0.4 is 10.6 Å². The normalized spacial score (nSPS) is 13.7. The lowest BCUT2D eigenvalue weighted by Gasteiger charge is -2.26. The molecule has 15 heavy (non-hydrogen) atoms. The molecule has 0 aromatic heterocycles. The highest BCUT2D eigenvalue weighted by atomic mass is 16.4. The van der Waals surface area contributed by atoms with Crippen molar-refractivity contribution in [2.24, 2.45) is 5.92 Å². The van der Waals surface area contributed by atoms with E-state index >= 15 is 0 Å². The van der Waals surface area contributed by atoms with E-state index in [4.69, 9.17) is 5.11 Å². The van der Waals surface area contributed by atoms with Gasteiger partial charge in [0, 0.05) is 0 Å². The van der Waals surface area contributed by atoms with Crippen molar-refractivity contribution in [1.29, 1.82) is 0 Å². The van der Waals surface area contributed by atoms with Crippen LogP contribution in [0.4, 0.5) is 0 Å². The number of nitrogens with one attached hydrogen (secondary N) is 2. The summed E-state index contributed by atoms with van der Waals surface area (Å²) in [5, 5.41) is 14.2. The average Bonchev–Trinajstić information content (AvgIpc) is 2.12. The fourth-order valence-electron chi connectivity index (χ4n) is 0.949. The smallest absolute Gasteiger partial charge is 0.326 e. The Labute approximate surface area is 90.2 Å². The molecule has 0 rings (SSSR count). The van der Waals surface area contributed by atoms with Crippen LogP contribution in [0.15, 0.2) is 0 Å². The first-order chi connectivity index (χ1) is 6.72. The standard InChI is InChI=1S/C10H20N2O3/c1-6(2)7(8(13)14)12-9(15)10(3,4)11-5/h6-7,11H,1-5H3,(H,12,15)(H,13,14)/t7-/m1/s1. The van der Waals surface area contributed by atoms with E-state index < -0.39 is 17.6 Å². The van der Waals surface area contributed by atoms with Crippen molar-refractivity contribution < 1.29 is 14.7 Å². The van der Waals surface area contributed by atoms with Gasteiger partial charge in [-0.05, 0) is 26.8 Å². The first-order valence-electron chi connectivity index (χ1n) is 4.95. The fourth-order valence-corrected chi connectivity index (χ4v) is 0.949. The minimum absolute atomic E-state index is 0.140. The van der Waals surface area contributed by atoms with Gasteiger partial charge in [-0.1, -0.05) is 13.8 Å². The molecular weight excluding hydrogens is 196 g/mol. The number of aliphatic carboxylic acids is 1. The molecule has 0 unspecified atom stereocenters. The van der Waals surface area contributed by atoms with E-state index in [0.29, 0.717) is 0 Å². The molecule has 0 saturated carbocycles. The number of carbonyl (C=O) groups is 2. The third kappa shape index (κ3) is 3.87. The second-order valence-electron chi connectivity index (χ2n) is 4.41. The minimum Gasteiger partial charge on any atom is -0.480 e. The summed E-state index contributed by atoms with van der Waals surface area (Å²) in [5.74, 6) is -1.46. The maximum atomic E-state index is 11.7. The van der Waals surface area contributed by atoms with Gasteiger partial charge in [0.1, 0.15) is 6.04 Å².